The Morgan fingerprint density at radius 1 is 0.416 bits per heavy atom. The molecule has 4 amide bonds. The highest BCUT2D eigenvalue weighted by atomic mass is 32.3. The molecular formula is C72H76N14O20S7. The van der Waals surface area contributed by atoms with Gasteiger partial charge >= 0.3 is 5.97 Å². The van der Waals surface area contributed by atoms with Gasteiger partial charge in [0, 0.05) is 148 Å². The summed E-state index contributed by atoms with van der Waals surface area (Å²) in [5.74, 6) is -2.41. The number of hydrogen-bond acceptors (Lipinski definition) is 26. The minimum atomic E-state index is -3.83. The van der Waals surface area contributed by atoms with Crippen LogP contribution in [0.2, 0.25) is 0 Å². The Hall–Kier alpha value is -11.0. The highest BCUT2D eigenvalue weighted by Gasteiger charge is 2.34. The zero-order chi connectivity index (χ0) is 81.4. The molecule has 0 aliphatic carbocycles. The van der Waals surface area contributed by atoms with Gasteiger partial charge < -0.3 is 42.4 Å². The van der Waals surface area contributed by atoms with Gasteiger partial charge in [0.05, 0.1) is 52.0 Å². The Morgan fingerprint density at radius 3 is 1.02 bits per heavy atom. The summed E-state index contributed by atoms with van der Waals surface area (Å²) < 4.78 is 112. The number of methoxy groups -OCH3 is 1. The van der Waals surface area contributed by atoms with E-state index in [1.807, 2.05) is 12.1 Å². The number of thiophene rings is 3. The number of sulfonamides is 4. The summed E-state index contributed by atoms with van der Waals surface area (Å²) in [6, 6.07) is 45.7. The number of nitro benzene ring substituents is 3. The van der Waals surface area contributed by atoms with Crippen LogP contribution >= 0.6 is 34.0 Å². The van der Waals surface area contributed by atoms with Crippen molar-refractivity contribution in [3.8, 4) is 0 Å². The number of primary sulfonamides is 1. The largest absolute Gasteiger partial charge is 0.465 e. The van der Waals surface area contributed by atoms with Crippen molar-refractivity contribution >= 4 is 138 Å². The van der Waals surface area contributed by atoms with Gasteiger partial charge in [0.1, 0.15) is 12.6 Å². The first-order valence-electron chi connectivity index (χ1n) is 34.6. The van der Waals surface area contributed by atoms with Crippen molar-refractivity contribution in [2.24, 2.45) is 10.9 Å². The van der Waals surface area contributed by atoms with E-state index in [-0.39, 0.29) is 102 Å². The van der Waals surface area contributed by atoms with E-state index in [9.17, 15) is 88.0 Å². The van der Waals surface area contributed by atoms with Crippen LogP contribution in [0.25, 0.3) is 0 Å². The molecule has 3 fully saturated rings. The number of anilines is 3. The maximum absolute atomic E-state index is 13.2. The van der Waals surface area contributed by atoms with Crippen molar-refractivity contribution < 1.29 is 77.2 Å². The van der Waals surface area contributed by atoms with E-state index in [1.54, 1.807) is 66.7 Å². The maximum atomic E-state index is 13.2. The number of nitrogens with two attached hydrogens (primary N) is 2. The molecule has 0 saturated carbocycles. The van der Waals surface area contributed by atoms with Crippen molar-refractivity contribution in [2.75, 3.05) is 62.3 Å². The number of esters is 1. The van der Waals surface area contributed by atoms with E-state index in [0.29, 0.717) is 96.1 Å². The molecule has 113 heavy (non-hydrogen) atoms. The fourth-order valence-corrected chi connectivity index (χ4v) is 21.4. The Labute approximate surface area is 661 Å². The lowest BCUT2D eigenvalue weighted by atomic mass is 10.1. The lowest BCUT2D eigenvalue weighted by Gasteiger charge is -2.31. The second kappa shape index (κ2) is 37.6. The number of hydrogen-bond donors (Lipinski definition) is 8. The van der Waals surface area contributed by atoms with Gasteiger partial charge in [-0.25, -0.2) is 43.6 Å². The van der Waals surface area contributed by atoms with Crippen LogP contribution in [0, 0.1) is 30.3 Å². The molecule has 6 aromatic carbocycles. The molecule has 3 aliphatic heterocycles. The number of amides is 4. The second-order valence-electron chi connectivity index (χ2n) is 25.7. The predicted octanol–water partition coefficient (Wildman–Crippen LogP) is 9.09. The Morgan fingerprint density at radius 2 is 0.708 bits per heavy atom. The molecule has 41 heteroatoms. The number of benzene rings is 6. The van der Waals surface area contributed by atoms with Crippen LogP contribution in [0.15, 0.2) is 200 Å². The van der Waals surface area contributed by atoms with E-state index in [2.05, 4.69) is 31.9 Å². The number of non-ortho nitro benzene ring substituents is 3. The summed E-state index contributed by atoms with van der Waals surface area (Å²) in [6.45, 7) is 2.19. The van der Waals surface area contributed by atoms with Gasteiger partial charge in [-0.3, -0.25) is 49.5 Å². The van der Waals surface area contributed by atoms with Gasteiger partial charge in [-0.15, -0.1) is 34.0 Å². The normalized spacial score (nSPS) is 14.8. The molecule has 6 heterocycles. The molecule has 3 aromatic heterocycles. The van der Waals surface area contributed by atoms with Crippen molar-refractivity contribution in [1.29, 1.82) is 0 Å². The molecule has 9 aromatic rings. The highest BCUT2D eigenvalue weighted by molar-refractivity contribution is 7.92. The maximum Gasteiger partial charge on any atom is 0.337 e. The number of piperidine rings is 3. The van der Waals surface area contributed by atoms with Crippen LogP contribution in [0.3, 0.4) is 0 Å². The molecule has 0 atom stereocenters. The number of primary amides is 1. The molecular weight excluding hydrogens is 1610 g/mol. The highest BCUT2D eigenvalue weighted by Crippen LogP contribution is 2.33. The van der Waals surface area contributed by atoms with Crippen LogP contribution in [-0.2, 0) is 64.5 Å². The van der Waals surface area contributed by atoms with Gasteiger partial charge in [-0.05, 0) is 148 Å². The number of nitrogens with one attached hydrogen (secondary N) is 6. The van der Waals surface area contributed by atoms with E-state index < -0.39 is 84.5 Å². The van der Waals surface area contributed by atoms with Crippen LogP contribution in [0.5, 0.6) is 0 Å². The molecule has 0 bridgehead atoms. The third kappa shape index (κ3) is 22.7. The van der Waals surface area contributed by atoms with Crippen molar-refractivity contribution in [3.05, 3.63) is 255 Å². The van der Waals surface area contributed by atoms with E-state index in [0.717, 1.165) is 45.4 Å². The SMILES string of the molecule is COC(=O)c1cccc(NC2CCN(S(=O)(=O)c3ccc(CNC(=O)c4cccc([N+](=O)[O-])c4)s3)CC2)c1.NC(=O)c1cccc(NC2CCN(S(=O)(=O)c3ccc(CNC(=O)c4cccc([N+](=O)[O-])c4)s3)CC2)c1.NS(=O)(=O)c1cccc(NC2CCN(S(=O)(=O)c3ccc(CNC(=O)c4cccc([N+](=O)[O-])c4)s3)CC2)c1. The van der Waals surface area contributed by atoms with Crippen molar-refractivity contribution in [3.63, 3.8) is 0 Å². The minimum absolute atomic E-state index is 0.00251. The first kappa shape index (κ1) is 84.5. The van der Waals surface area contributed by atoms with Crippen molar-refractivity contribution in [2.45, 2.75) is 93.8 Å². The van der Waals surface area contributed by atoms with E-state index in [4.69, 9.17) is 15.6 Å². The standard InChI is InChI=1S/C25H26N4O7S2.C24H25N5O6S2.C23H25N5O7S3/c1-36-25(31)18-5-2-6-20(14-18)27-19-10-12-28(13-11-19)38(34,35)23-9-8-22(37-23)16-26-24(30)17-4-3-7-21(15-17)29(32)33;25-23(30)16-3-1-5-19(13-16)27-18-9-11-28(12-10-18)37(34,35)22-8-7-21(36-22)15-26-24(31)17-4-2-6-20(14-17)29(32)33;24-37(32,33)21-6-2-4-18(14-21)26-17-9-11-27(12-10-17)38(34,35)22-8-7-20(36-22)15-25-23(29)16-3-1-5-19(13-16)28(30)31/h2-9,14-15,19,27H,10-13,16H2,1H3,(H,26,30);1-8,13-14,18,27H,9-12,15H2,(H2,25,30)(H,26,31);1-8,13-14,17,26H,9-12,15H2,(H,25,29)(H2,24,32,33). The third-order valence-corrected chi connectivity index (χ3v) is 29.3. The Kier molecular flexibility index (Phi) is 28.1. The molecule has 34 nitrogen and oxygen atoms in total. The zero-order valence-electron chi connectivity index (χ0n) is 60.0. The average molecular weight is 1680 g/mol. The number of carbonyl (C=O) groups excluding carboxylic acids is 5. The number of carbonyl (C=O) groups is 5. The fraction of sp³-hybridized carbons (Fsp3) is 0.264. The lowest BCUT2D eigenvalue weighted by molar-refractivity contribution is -0.385. The van der Waals surface area contributed by atoms with E-state index >= 15 is 0 Å². The topological polar surface area (TPSA) is 494 Å². The lowest BCUT2D eigenvalue weighted by Crippen LogP contribution is -2.42. The van der Waals surface area contributed by atoms with Gasteiger partial charge in [-0.2, -0.15) is 12.9 Å². The van der Waals surface area contributed by atoms with Gasteiger partial charge in [0.25, 0.3) is 64.9 Å². The summed E-state index contributed by atoms with van der Waals surface area (Å²) in [4.78, 5) is 93.2. The van der Waals surface area contributed by atoms with Gasteiger partial charge in [-0.1, -0.05) is 36.4 Å². The molecule has 596 valence electrons. The molecule has 0 radical (unpaired) electrons. The minimum Gasteiger partial charge on any atom is -0.465 e. The summed E-state index contributed by atoms with van der Waals surface area (Å²) in [7, 11) is -13.6. The Bertz CT molecular complexity index is 5510. The summed E-state index contributed by atoms with van der Waals surface area (Å²) in [5, 5.41) is 55.9. The summed E-state index contributed by atoms with van der Waals surface area (Å²) in [5.41, 5.74) is 8.16. The number of nitrogens with zero attached hydrogens (tertiary/aromatic N) is 6. The van der Waals surface area contributed by atoms with Crippen molar-refractivity contribution in [1.82, 2.24) is 28.9 Å². The summed E-state index contributed by atoms with van der Waals surface area (Å²) in [6.07, 6.45) is 3.43. The molecule has 3 aliphatic rings. The van der Waals surface area contributed by atoms with E-state index in [1.165, 1.54) is 123 Å². The monoisotopic (exact) mass is 1680 g/mol. The summed E-state index contributed by atoms with van der Waals surface area (Å²) >= 11 is 3.20. The molecule has 3 saturated heterocycles. The van der Waals surface area contributed by atoms with Gasteiger partial charge in [0.2, 0.25) is 15.9 Å². The van der Waals surface area contributed by atoms with Crippen LogP contribution in [0.4, 0.5) is 34.1 Å². The first-order valence-corrected chi connectivity index (χ1v) is 42.9. The second-order valence-corrected chi connectivity index (χ2v) is 37.3. The Balaban J connectivity index is 0.000000180. The molecule has 10 N–H and O–H groups in total. The fourth-order valence-electron chi connectivity index (χ4n) is 12.1. The first-order chi connectivity index (χ1) is 53.7. The molecule has 0 spiro atoms. The third-order valence-electron chi connectivity index (χ3n) is 18.0. The van der Waals surface area contributed by atoms with Crippen LogP contribution in [-0.4, -0.2) is 155 Å². The smallest absolute Gasteiger partial charge is 0.337 e. The number of rotatable bonds is 27. The molecule has 0 unspecified atom stereocenters. The van der Waals surface area contributed by atoms with Gasteiger partial charge in [0.15, 0.2) is 0 Å². The quantitative estimate of drug-likeness (QED) is 0.0135. The predicted molar refractivity (Wildman–Crippen MR) is 423 cm³/mol. The number of ether oxygens (including phenoxy) is 1. The number of nitro groups is 3. The molecule has 12 rings (SSSR count). The van der Waals surface area contributed by atoms with Crippen LogP contribution in [0.1, 0.15) is 105 Å². The van der Waals surface area contributed by atoms with Crippen LogP contribution < -0.4 is 42.8 Å². The zero-order valence-corrected chi connectivity index (χ0v) is 65.7. The average Bonchev–Trinajstić information content (AvgIpc) is 1.70.